The molecule has 3 rings (SSSR count). The molecule has 0 aliphatic heterocycles. The van der Waals surface area contributed by atoms with E-state index in [2.05, 4.69) is 32.4 Å². The SMILES string of the molecule is CN=C(NCc1ccco1)N(C)Cc1ncc(-c2ccccc2)[nH]1.I. The van der Waals surface area contributed by atoms with Crippen molar-refractivity contribution < 1.29 is 4.42 Å². The third-order valence-corrected chi connectivity index (χ3v) is 3.67. The number of H-pyrrole nitrogens is 1. The first-order valence-corrected chi connectivity index (χ1v) is 7.79. The van der Waals surface area contributed by atoms with Gasteiger partial charge < -0.3 is 19.6 Å². The van der Waals surface area contributed by atoms with Crippen molar-refractivity contribution >= 4 is 29.9 Å². The zero-order valence-corrected chi connectivity index (χ0v) is 16.6. The molecule has 0 spiro atoms. The molecule has 2 heterocycles. The van der Waals surface area contributed by atoms with Gasteiger partial charge in [0.15, 0.2) is 5.96 Å². The number of aliphatic imine (C=N–C) groups is 1. The van der Waals surface area contributed by atoms with E-state index in [0.717, 1.165) is 28.8 Å². The predicted molar refractivity (Wildman–Crippen MR) is 110 cm³/mol. The zero-order valence-electron chi connectivity index (χ0n) is 14.3. The minimum absolute atomic E-state index is 0. The Morgan fingerprint density at radius 3 is 2.72 bits per heavy atom. The van der Waals surface area contributed by atoms with Crippen LogP contribution in [0.25, 0.3) is 11.3 Å². The normalized spacial score (nSPS) is 11.0. The molecule has 0 saturated carbocycles. The summed E-state index contributed by atoms with van der Waals surface area (Å²) in [5.41, 5.74) is 2.14. The third kappa shape index (κ3) is 5.09. The fraction of sp³-hybridized carbons (Fsp3) is 0.222. The van der Waals surface area contributed by atoms with Crippen LogP contribution in [0.15, 0.2) is 64.3 Å². The smallest absolute Gasteiger partial charge is 0.194 e. The van der Waals surface area contributed by atoms with Crippen LogP contribution < -0.4 is 5.32 Å². The quantitative estimate of drug-likeness (QED) is 0.354. The second kappa shape index (κ2) is 9.26. The lowest BCUT2D eigenvalue weighted by molar-refractivity contribution is 0.450. The highest BCUT2D eigenvalue weighted by Gasteiger charge is 2.10. The molecule has 0 amide bonds. The summed E-state index contributed by atoms with van der Waals surface area (Å²) in [5.74, 6) is 2.54. The number of hydrogen-bond donors (Lipinski definition) is 2. The number of imidazole rings is 1. The lowest BCUT2D eigenvalue weighted by Crippen LogP contribution is -2.38. The van der Waals surface area contributed by atoms with Gasteiger partial charge in [-0.1, -0.05) is 30.3 Å². The van der Waals surface area contributed by atoms with Crippen molar-refractivity contribution in [2.75, 3.05) is 14.1 Å². The highest BCUT2D eigenvalue weighted by atomic mass is 127. The van der Waals surface area contributed by atoms with Crippen molar-refractivity contribution in [3.8, 4) is 11.3 Å². The van der Waals surface area contributed by atoms with Crippen molar-refractivity contribution in [3.63, 3.8) is 0 Å². The Hall–Kier alpha value is -2.29. The Bertz CT molecular complexity index is 783. The fourth-order valence-electron chi connectivity index (χ4n) is 2.47. The van der Waals surface area contributed by atoms with E-state index in [9.17, 15) is 0 Å². The summed E-state index contributed by atoms with van der Waals surface area (Å²) in [5, 5.41) is 3.27. The molecule has 3 aromatic rings. The van der Waals surface area contributed by atoms with Gasteiger partial charge in [-0.2, -0.15) is 0 Å². The average Bonchev–Trinajstić information content (AvgIpc) is 3.28. The first-order valence-electron chi connectivity index (χ1n) is 7.79. The predicted octanol–water partition coefficient (Wildman–Crippen LogP) is 3.50. The van der Waals surface area contributed by atoms with Crippen LogP contribution >= 0.6 is 24.0 Å². The Balaban J connectivity index is 0.00000225. The van der Waals surface area contributed by atoms with E-state index in [1.165, 1.54) is 0 Å². The molecule has 0 aliphatic rings. The van der Waals surface area contributed by atoms with Crippen molar-refractivity contribution in [1.29, 1.82) is 0 Å². The summed E-state index contributed by atoms with van der Waals surface area (Å²) < 4.78 is 5.32. The molecule has 0 saturated heterocycles. The number of halogens is 1. The molecule has 0 atom stereocenters. The summed E-state index contributed by atoms with van der Waals surface area (Å²) in [4.78, 5) is 14.1. The second-order valence-corrected chi connectivity index (χ2v) is 5.45. The van der Waals surface area contributed by atoms with E-state index in [0.29, 0.717) is 13.1 Å². The molecule has 0 bridgehead atoms. The van der Waals surface area contributed by atoms with Gasteiger partial charge in [-0.3, -0.25) is 4.99 Å². The maximum Gasteiger partial charge on any atom is 0.194 e. The van der Waals surface area contributed by atoms with Gasteiger partial charge in [0.05, 0.1) is 31.2 Å². The zero-order chi connectivity index (χ0) is 16.8. The Kier molecular flexibility index (Phi) is 7.05. The summed E-state index contributed by atoms with van der Waals surface area (Å²) in [6, 6.07) is 14.0. The van der Waals surface area contributed by atoms with Crippen LogP contribution in [0.1, 0.15) is 11.6 Å². The van der Waals surface area contributed by atoms with Gasteiger partial charge in [0.25, 0.3) is 0 Å². The summed E-state index contributed by atoms with van der Waals surface area (Å²) in [7, 11) is 3.74. The monoisotopic (exact) mass is 451 g/mol. The number of benzene rings is 1. The molecule has 0 unspecified atom stereocenters. The fourth-order valence-corrected chi connectivity index (χ4v) is 2.47. The summed E-state index contributed by atoms with van der Waals surface area (Å²) >= 11 is 0. The molecule has 25 heavy (non-hydrogen) atoms. The Morgan fingerprint density at radius 1 is 1.24 bits per heavy atom. The number of guanidine groups is 1. The largest absolute Gasteiger partial charge is 0.467 e. The third-order valence-electron chi connectivity index (χ3n) is 3.67. The van der Waals surface area contributed by atoms with E-state index in [-0.39, 0.29) is 24.0 Å². The highest BCUT2D eigenvalue weighted by molar-refractivity contribution is 14.0. The molecular weight excluding hydrogens is 429 g/mol. The van der Waals surface area contributed by atoms with Crippen LogP contribution in [0.3, 0.4) is 0 Å². The van der Waals surface area contributed by atoms with Gasteiger partial charge >= 0.3 is 0 Å². The number of rotatable bonds is 5. The number of hydrogen-bond acceptors (Lipinski definition) is 3. The standard InChI is InChI=1S/C18H21N5O.HI/c1-19-18(21-11-15-9-6-10-24-15)23(2)13-17-20-12-16(22-17)14-7-4-3-5-8-14;/h3-10,12H,11,13H2,1-2H3,(H,19,21)(H,20,22);1H. The minimum Gasteiger partial charge on any atom is -0.467 e. The lowest BCUT2D eigenvalue weighted by atomic mass is 10.2. The second-order valence-electron chi connectivity index (χ2n) is 5.45. The van der Waals surface area contributed by atoms with Gasteiger partial charge in [0.1, 0.15) is 11.6 Å². The first kappa shape index (κ1) is 19.0. The van der Waals surface area contributed by atoms with Crippen LogP contribution in [-0.4, -0.2) is 34.9 Å². The maximum atomic E-state index is 5.32. The molecule has 6 nitrogen and oxygen atoms in total. The molecule has 0 radical (unpaired) electrons. The number of nitrogens with zero attached hydrogens (tertiary/aromatic N) is 3. The molecule has 2 N–H and O–H groups in total. The van der Waals surface area contributed by atoms with Crippen molar-refractivity contribution in [3.05, 3.63) is 66.5 Å². The Morgan fingerprint density at radius 2 is 2.04 bits per heavy atom. The van der Waals surface area contributed by atoms with Crippen LogP contribution in [0.2, 0.25) is 0 Å². The molecular formula is C18H22IN5O. The van der Waals surface area contributed by atoms with Crippen molar-refractivity contribution in [2.24, 2.45) is 4.99 Å². The molecule has 132 valence electrons. The van der Waals surface area contributed by atoms with Gasteiger partial charge in [-0.25, -0.2) is 4.98 Å². The van der Waals surface area contributed by atoms with Crippen molar-refractivity contribution in [2.45, 2.75) is 13.1 Å². The van der Waals surface area contributed by atoms with Gasteiger partial charge in [0.2, 0.25) is 0 Å². The first-order chi connectivity index (χ1) is 11.8. The van der Waals surface area contributed by atoms with E-state index in [1.54, 1.807) is 13.3 Å². The van der Waals surface area contributed by atoms with E-state index >= 15 is 0 Å². The molecule has 0 aliphatic carbocycles. The number of aromatic nitrogens is 2. The topological polar surface area (TPSA) is 69.5 Å². The summed E-state index contributed by atoms with van der Waals surface area (Å²) in [6.07, 6.45) is 3.52. The van der Waals surface area contributed by atoms with Crippen molar-refractivity contribution in [1.82, 2.24) is 20.2 Å². The molecule has 2 aromatic heterocycles. The number of aromatic amines is 1. The van der Waals surface area contributed by atoms with Crippen LogP contribution in [0.5, 0.6) is 0 Å². The van der Waals surface area contributed by atoms with E-state index in [4.69, 9.17) is 4.42 Å². The van der Waals surface area contributed by atoms with Crippen LogP contribution in [0.4, 0.5) is 0 Å². The molecule has 0 fully saturated rings. The van der Waals surface area contributed by atoms with Gasteiger partial charge in [0, 0.05) is 14.1 Å². The average molecular weight is 451 g/mol. The number of nitrogens with one attached hydrogen (secondary N) is 2. The number of furan rings is 1. The summed E-state index contributed by atoms with van der Waals surface area (Å²) in [6.45, 7) is 1.22. The van der Waals surface area contributed by atoms with Crippen LogP contribution in [-0.2, 0) is 13.1 Å². The highest BCUT2D eigenvalue weighted by Crippen LogP contribution is 2.16. The van der Waals surface area contributed by atoms with E-state index in [1.807, 2.05) is 48.5 Å². The van der Waals surface area contributed by atoms with Gasteiger partial charge in [-0.15, -0.1) is 24.0 Å². The lowest BCUT2D eigenvalue weighted by Gasteiger charge is -2.20. The molecule has 7 heteroatoms. The van der Waals surface area contributed by atoms with Gasteiger partial charge in [-0.05, 0) is 17.7 Å². The minimum atomic E-state index is 0. The molecule has 1 aromatic carbocycles. The van der Waals surface area contributed by atoms with Crippen LogP contribution in [0, 0.1) is 0 Å². The maximum absolute atomic E-state index is 5.32. The van der Waals surface area contributed by atoms with E-state index < -0.39 is 0 Å². The Labute approximate surface area is 164 Å².